The highest BCUT2D eigenvalue weighted by molar-refractivity contribution is 6.01. The zero-order valence-electron chi connectivity index (χ0n) is 8.09. The molecule has 1 aliphatic carbocycles. The van der Waals surface area contributed by atoms with E-state index >= 15 is 0 Å². The molecule has 0 spiro atoms. The molecule has 0 aliphatic heterocycles. The minimum Gasteiger partial charge on any atom is -0.411 e. The first-order chi connectivity index (χ1) is 5.65. The zero-order valence-corrected chi connectivity index (χ0v) is 8.09. The van der Waals surface area contributed by atoms with E-state index in [-0.39, 0.29) is 0 Å². The van der Waals surface area contributed by atoms with Crippen molar-refractivity contribution >= 4 is 5.71 Å². The molecule has 0 aromatic carbocycles. The van der Waals surface area contributed by atoms with Crippen LogP contribution in [0.2, 0.25) is 0 Å². The third kappa shape index (κ3) is 1.87. The number of hydrogen-bond acceptors (Lipinski definition) is 2. The Morgan fingerprint density at radius 2 is 2.17 bits per heavy atom. The number of rotatable bonds is 0. The summed E-state index contributed by atoms with van der Waals surface area (Å²) in [6.07, 6.45) is 3.22. The molecule has 1 N–H and O–H groups in total. The molecule has 1 saturated carbocycles. The van der Waals surface area contributed by atoms with Crippen molar-refractivity contribution < 1.29 is 5.21 Å². The van der Waals surface area contributed by atoms with Crippen LogP contribution in [0.15, 0.2) is 16.3 Å². The van der Waals surface area contributed by atoms with Crippen molar-refractivity contribution in [1.29, 1.82) is 0 Å². The molecular formula is C10H17NO. The standard InChI is InChI=1S/C10H17NO/c1-7(2)9-5-4-8(3)6-10(9)11-12/h8,12H,4-6H2,1-3H3/b11-10-/t8-/m0/s1. The Kier molecular flexibility index (Phi) is 2.90. The van der Waals surface area contributed by atoms with Gasteiger partial charge in [0.15, 0.2) is 0 Å². The van der Waals surface area contributed by atoms with Gasteiger partial charge in [-0.3, -0.25) is 0 Å². The van der Waals surface area contributed by atoms with E-state index in [0.29, 0.717) is 5.92 Å². The first-order valence-corrected chi connectivity index (χ1v) is 4.52. The summed E-state index contributed by atoms with van der Waals surface area (Å²) in [4.78, 5) is 0. The van der Waals surface area contributed by atoms with Crippen LogP contribution in [0.25, 0.3) is 0 Å². The molecule has 12 heavy (non-hydrogen) atoms. The predicted octanol–water partition coefficient (Wildman–Crippen LogP) is 2.97. The predicted molar refractivity (Wildman–Crippen MR) is 50.6 cm³/mol. The van der Waals surface area contributed by atoms with Crippen molar-refractivity contribution in [2.45, 2.75) is 40.0 Å². The minimum absolute atomic E-state index is 0.666. The molecule has 0 bridgehead atoms. The summed E-state index contributed by atoms with van der Waals surface area (Å²) >= 11 is 0. The molecule has 2 nitrogen and oxygen atoms in total. The number of nitrogens with zero attached hydrogens (tertiary/aromatic N) is 1. The molecule has 0 saturated heterocycles. The minimum atomic E-state index is 0.666. The lowest BCUT2D eigenvalue weighted by Gasteiger charge is -2.22. The van der Waals surface area contributed by atoms with E-state index < -0.39 is 0 Å². The Hall–Kier alpha value is -0.790. The molecule has 0 amide bonds. The van der Waals surface area contributed by atoms with E-state index in [1.807, 2.05) is 0 Å². The molecule has 1 fully saturated rings. The van der Waals surface area contributed by atoms with Gasteiger partial charge in [0.1, 0.15) is 0 Å². The largest absolute Gasteiger partial charge is 0.411 e. The molecule has 1 aliphatic rings. The van der Waals surface area contributed by atoms with E-state index in [0.717, 1.165) is 18.6 Å². The van der Waals surface area contributed by atoms with E-state index in [2.05, 4.69) is 25.9 Å². The number of allylic oxidation sites excluding steroid dienone is 2. The van der Waals surface area contributed by atoms with Gasteiger partial charge in [-0.25, -0.2) is 0 Å². The van der Waals surface area contributed by atoms with Crippen molar-refractivity contribution in [3.05, 3.63) is 11.1 Å². The van der Waals surface area contributed by atoms with Gasteiger partial charge in [0.2, 0.25) is 0 Å². The summed E-state index contributed by atoms with van der Waals surface area (Å²) in [5.74, 6) is 0.666. The lowest BCUT2D eigenvalue weighted by atomic mass is 9.84. The molecule has 0 heterocycles. The van der Waals surface area contributed by atoms with E-state index in [1.54, 1.807) is 0 Å². The van der Waals surface area contributed by atoms with Crippen LogP contribution >= 0.6 is 0 Å². The first-order valence-electron chi connectivity index (χ1n) is 4.52. The smallest absolute Gasteiger partial charge is 0.0829 e. The van der Waals surface area contributed by atoms with Gasteiger partial charge in [0.25, 0.3) is 0 Å². The lowest BCUT2D eigenvalue weighted by Crippen LogP contribution is -2.16. The third-order valence-electron chi connectivity index (χ3n) is 2.50. The van der Waals surface area contributed by atoms with Crippen LogP contribution in [0.4, 0.5) is 0 Å². The van der Waals surface area contributed by atoms with Gasteiger partial charge in [0, 0.05) is 0 Å². The Balaban J connectivity index is 2.85. The third-order valence-corrected chi connectivity index (χ3v) is 2.50. The SMILES string of the molecule is CC(C)=C1CC[C@H](C)C/C1=N/O. The summed E-state index contributed by atoms with van der Waals surface area (Å²) in [5.41, 5.74) is 3.44. The second-order valence-corrected chi connectivity index (χ2v) is 3.87. The molecule has 1 atom stereocenters. The second kappa shape index (κ2) is 3.74. The van der Waals surface area contributed by atoms with Gasteiger partial charge < -0.3 is 5.21 Å². The van der Waals surface area contributed by atoms with Gasteiger partial charge in [-0.2, -0.15) is 0 Å². The fourth-order valence-corrected chi connectivity index (χ4v) is 1.73. The molecule has 0 aromatic rings. The topological polar surface area (TPSA) is 32.6 Å². The van der Waals surface area contributed by atoms with Gasteiger partial charge in [0.05, 0.1) is 5.71 Å². The highest BCUT2D eigenvalue weighted by Crippen LogP contribution is 2.27. The van der Waals surface area contributed by atoms with Gasteiger partial charge in [-0.15, -0.1) is 0 Å². The van der Waals surface area contributed by atoms with Crippen molar-refractivity contribution in [1.82, 2.24) is 0 Å². The quantitative estimate of drug-likeness (QED) is 0.436. The summed E-state index contributed by atoms with van der Waals surface area (Å²) in [6, 6.07) is 0. The van der Waals surface area contributed by atoms with E-state index in [4.69, 9.17) is 5.21 Å². The highest BCUT2D eigenvalue weighted by atomic mass is 16.4. The van der Waals surface area contributed by atoms with E-state index in [1.165, 1.54) is 17.6 Å². The van der Waals surface area contributed by atoms with Gasteiger partial charge >= 0.3 is 0 Å². The maximum Gasteiger partial charge on any atom is 0.0829 e. The first kappa shape index (κ1) is 9.30. The van der Waals surface area contributed by atoms with Crippen LogP contribution in [0, 0.1) is 5.92 Å². The van der Waals surface area contributed by atoms with Crippen LogP contribution in [0.5, 0.6) is 0 Å². The fourth-order valence-electron chi connectivity index (χ4n) is 1.73. The van der Waals surface area contributed by atoms with E-state index in [9.17, 15) is 0 Å². The molecule has 0 radical (unpaired) electrons. The van der Waals surface area contributed by atoms with Crippen molar-refractivity contribution in [2.75, 3.05) is 0 Å². The van der Waals surface area contributed by atoms with Gasteiger partial charge in [-0.1, -0.05) is 17.7 Å². The maximum atomic E-state index is 8.78. The lowest BCUT2D eigenvalue weighted by molar-refractivity contribution is 0.314. The Morgan fingerprint density at radius 1 is 1.50 bits per heavy atom. The van der Waals surface area contributed by atoms with Gasteiger partial charge in [-0.05, 0) is 44.6 Å². The average Bonchev–Trinajstić information content (AvgIpc) is 2.03. The highest BCUT2D eigenvalue weighted by Gasteiger charge is 2.19. The summed E-state index contributed by atoms with van der Waals surface area (Å²) in [6.45, 7) is 6.36. The van der Waals surface area contributed by atoms with Crippen LogP contribution < -0.4 is 0 Å². The Labute approximate surface area is 74.0 Å². The number of oxime groups is 1. The molecule has 1 rings (SSSR count). The van der Waals surface area contributed by atoms with Crippen LogP contribution in [-0.4, -0.2) is 10.9 Å². The summed E-state index contributed by atoms with van der Waals surface area (Å²) in [7, 11) is 0. The van der Waals surface area contributed by atoms with Crippen LogP contribution in [0.3, 0.4) is 0 Å². The van der Waals surface area contributed by atoms with Crippen molar-refractivity contribution in [3.63, 3.8) is 0 Å². The molecule has 2 heteroatoms. The Morgan fingerprint density at radius 3 is 2.67 bits per heavy atom. The normalized spacial score (nSPS) is 27.8. The monoisotopic (exact) mass is 167 g/mol. The number of hydrogen-bond donors (Lipinski definition) is 1. The molecule has 0 aromatic heterocycles. The average molecular weight is 167 g/mol. The summed E-state index contributed by atoms with van der Waals surface area (Å²) < 4.78 is 0. The summed E-state index contributed by atoms with van der Waals surface area (Å²) in [5, 5.41) is 12.1. The van der Waals surface area contributed by atoms with Crippen LogP contribution in [-0.2, 0) is 0 Å². The second-order valence-electron chi connectivity index (χ2n) is 3.87. The molecule has 0 unspecified atom stereocenters. The van der Waals surface area contributed by atoms with Crippen molar-refractivity contribution in [3.8, 4) is 0 Å². The van der Waals surface area contributed by atoms with Crippen LogP contribution in [0.1, 0.15) is 40.0 Å². The fraction of sp³-hybridized carbons (Fsp3) is 0.700. The van der Waals surface area contributed by atoms with Crippen molar-refractivity contribution in [2.24, 2.45) is 11.1 Å². The maximum absolute atomic E-state index is 8.78. The molecular weight excluding hydrogens is 150 g/mol. The Bertz CT molecular complexity index is 224. The zero-order chi connectivity index (χ0) is 9.14. The molecule has 68 valence electrons.